The third-order valence-electron chi connectivity index (χ3n) is 5.81. The number of ether oxygens (including phenoxy) is 2. The van der Waals surface area contributed by atoms with Crippen molar-refractivity contribution in [1.29, 1.82) is 0 Å². The lowest BCUT2D eigenvalue weighted by Crippen LogP contribution is -2.46. The van der Waals surface area contributed by atoms with Crippen molar-refractivity contribution in [3.8, 4) is 0 Å². The van der Waals surface area contributed by atoms with E-state index < -0.39 is 0 Å². The molecule has 1 saturated carbocycles. The van der Waals surface area contributed by atoms with Crippen molar-refractivity contribution in [3.63, 3.8) is 0 Å². The maximum atomic E-state index is 13.3. The molecule has 1 atom stereocenters. The number of hydrogen-bond acceptors (Lipinski definition) is 6. The van der Waals surface area contributed by atoms with Crippen molar-refractivity contribution in [2.24, 2.45) is 5.92 Å². The SMILES string of the molecule is COCc1nc(C2COCCN2C(=O)C2CCC(c3ccccc3)CC2)no1. The van der Waals surface area contributed by atoms with E-state index in [4.69, 9.17) is 14.0 Å². The highest BCUT2D eigenvalue weighted by molar-refractivity contribution is 5.79. The normalized spacial score (nSPS) is 25.6. The molecule has 0 N–H and O–H groups in total. The summed E-state index contributed by atoms with van der Waals surface area (Å²) in [4.78, 5) is 19.5. The first-order valence-electron chi connectivity index (χ1n) is 10.0. The Hall–Kier alpha value is -2.25. The maximum absolute atomic E-state index is 13.3. The molecule has 1 saturated heterocycles. The average Bonchev–Trinajstić information content (AvgIpc) is 3.23. The molecule has 0 spiro atoms. The summed E-state index contributed by atoms with van der Waals surface area (Å²) in [5.41, 5.74) is 1.38. The van der Waals surface area contributed by atoms with Crippen molar-refractivity contribution in [2.45, 2.75) is 44.2 Å². The van der Waals surface area contributed by atoms with Gasteiger partial charge in [0.1, 0.15) is 12.6 Å². The number of benzene rings is 1. The van der Waals surface area contributed by atoms with Gasteiger partial charge in [0, 0.05) is 19.6 Å². The summed E-state index contributed by atoms with van der Waals surface area (Å²) in [6, 6.07) is 10.3. The van der Waals surface area contributed by atoms with E-state index in [2.05, 4.69) is 34.4 Å². The van der Waals surface area contributed by atoms with Crippen LogP contribution in [0, 0.1) is 5.92 Å². The molecule has 2 fully saturated rings. The van der Waals surface area contributed by atoms with E-state index in [1.807, 2.05) is 11.0 Å². The molecule has 150 valence electrons. The summed E-state index contributed by atoms with van der Waals surface area (Å²) in [7, 11) is 1.58. The van der Waals surface area contributed by atoms with Gasteiger partial charge >= 0.3 is 0 Å². The molecule has 0 bridgehead atoms. The van der Waals surface area contributed by atoms with Gasteiger partial charge in [-0.15, -0.1) is 0 Å². The van der Waals surface area contributed by atoms with E-state index in [0.717, 1.165) is 25.7 Å². The topological polar surface area (TPSA) is 77.7 Å². The van der Waals surface area contributed by atoms with E-state index in [9.17, 15) is 4.79 Å². The van der Waals surface area contributed by atoms with Crippen molar-refractivity contribution >= 4 is 5.91 Å². The molecule has 4 rings (SSSR count). The van der Waals surface area contributed by atoms with Gasteiger partial charge in [-0.05, 0) is 37.2 Å². The number of aromatic nitrogens is 2. The lowest BCUT2D eigenvalue weighted by atomic mass is 9.78. The molecule has 1 aromatic carbocycles. The molecule has 0 radical (unpaired) electrons. The summed E-state index contributed by atoms with van der Waals surface area (Å²) in [6.07, 6.45) is 3.94. The average molecular weight is 385 g/mol. The smallest absolute Gasteiger partial charge is 0.252 e. The Bertz CT molecular complexity index is 771. The zero-order valence-corrected chi connectivity index (χ0v) is 16.3. The molecule has 2 aromatic rings. The molecule has 7 nitrogen and oxygen atoms in total. The van der Waals surface area contributed by atoms with Crippen LogP contribution in [-0.4, -0.2) is 47.8 Å². The monoisotopic (exact) mass is 385 g/mol. The minimum Gasteiger partial charge on any atom is -0.377 e. The summed E-state index contributed by atoms with van der Waals surface area (Å²) in [5, 5.41) is 4.05. The number of carbonyl (C=O) groups is 1. The second-order valence-electron chi connectivity index (χ2n) is 7.56. The van der Waals surface area contributed by atoms with Crippen LogP contribution in [0.15, 0.2) is 34.9 Å². The lowest BCUT2D eigenvalue weighted by Gasteiger charge is -2.38. The first-order chi connectivity index (χ1) is 13.8. The summed E-state index contributed by atoms with van der Waals surface area (Å²) >= 11 is 0. The zero-order valence-electron chi connectivity index (χ0n) is 16.3. The van der Waals surface area contributed by atoms with Gasteiger partial charge < -0.3 is 18.9 Å². The van der Waals surface area contributed by atoms with Gasteiger partial charge in [0.25, 0.3) is 5.89 Å². The van der Waals surface area contributed by atoms with Gasteiger partial charge in [-0.25, -0.2) is 0 Å². The maximum Gasteiger partial charge on any atom is 0.252 e. The molecule has 7 heteroatoms. The molecular formula is C21H27N3O4. The second kappa shape index (κ2) is 8.84. The van der Waals surface area contributed by atoms with E-state index >= 15 is 0 Å². The van der Waals surface area contributed by atoms with Gasteiger partial charge in [-0.3, -0.25) is 4.79 Å². The quantitative estimate of drug-likeness (QED) is 0.787. The van der Waals surface area contributed by atoms with Crippen LogP contribution in [0.4, 0.5) is 0 Å². The number of morpholine rings is 1. The number of methoxy groups -OCH3 is 1. The number of carbonyl (C=O) groups excluding carboxylic acids is 1. The second-order valence-corrected chi connectivity index (χ2v) is 7.56. The van der Waals surface area contributed by atoms with Crippen molar-refractivity contribution in [3.05, 3.63) is 47.6 Å². The molecule has 1 aliphatic heterocycles. The van der Waals surface area contributed by atoms with Gasteiger partial charge in [0.05, 0.1) is 13.2 Å². The summed E-state index contributed by atoms with van der Waals surface area (Å²) in [6.45, 7) is 1.77. The Kier molecular flexibility index (Phi) is 6.02. The Balaban J connectivity index is 1.41. The minimum absolute atomic E-state index is 0.0610. The predicted octanol–water partition coefficient (Wildman–Crippen LogP) is 3.09. The Labute approximate surface area is 165 Å². The van der Waals surface area contributed by atoms with E-state index in [-0.39, 0.29) is 24.5 Å². The molecule has 28 heavy (non-hydrogen) atoms. The van der Waals surface area contributed by atoms with Gasteiger partial charge in [0.15, 0.2) is 5.82 Å². The van der Waals surface area contributed by atoms with Crippen LogP contribution in [0.1, 0.15) is 54.9 Å². The van der Waals surface area contributed by atoms with Crippen molar-refractivity contribution in [1.82, 2.24) is 15.0 Å². The van der Waals surface area contributed by atoms with Gasteiger partial charge in [-0.1, -0.05) is 35.5 Å². The minimum atomic E-state index is -0.289. The number of amides is 1. The standard InChI is InChI=1S/C21H27N3O4/c1-26-14-19-22-20(23-28-19)18-13-27-12-11-24(18)21(25)17-9-7-16(8-10-17)15-5-3-2-4-6-15/h2-6,16-18H,7-14H2,1H3. The van der Waals surface area contributed by atoms with Crippen molar-refractivity contribution < 1.29 is 18.8 Å². The fourth-order valence-electron chi connectivity index (χ4n) is 4.30. The Morgan fingerprint density at radius 1 is 1.21 bits per heavy atom. The van der Waals surface area contributed by atoms with Crippen LogP contribution >= 0.6 is 0 Å². The first-order valence-corrected chi connectivity index (χ1v) is 10.0. The Morgan fingerprint density at radius 3 is 2.75 bits per heavy atom. The molecule has 2 aliphatic rings. The molecule has 1 aromatic heterocycles. The zero-order chi connectivity index (χ0) is 19.3. The summed E-state index contributed by atoms with van der Waals surface area (Å²) in [5.74, 6) is 1.72. The number of nitrogens with zero attached hydrogens (tertiary/aromatic N) is 3. The summed E-state index contributed by atoms with van der Waals surface area (Å²) < 4.78 is 15.9. The van der Waals surface area contributed by atoms with E-state index in [1.165, 1.54) is 5.56 Å². The highest BCUT2D eigenvalue weighted by atomic mass is 16.5. The van der Waals surface area contributed by atoms with Crippen LogP contribution in [0.25, 0.3) is 0 Å². The largest absolute Gasteiger partial charge is 0.377 e. The first kappa shape index (κ1) is 19.1. The highest BCUT2D eigenvalue weighted by Gasteiger charge is 2.37. The molecular weight excluding hydrogens is 358 g/mol. The van der Waals surface area contributed by atoms with Gasteiger partial charge in [0.2, 0.25) is 5.91 Å². The molecule has 2 heterocycles. The van der Waals surface area contributed by atoms with Gasteiger partial charge in [-0.2, -0.15) is 4.98 Å². The van der Waals surface area contributed by atoms with Crippen LogP contribution in [0.2, 0.25) is 0 Å². The van der Waals surface area contributed by atoms with Crippen LogP contribution in [-0.2, 0) is 20.9 Å². The van der Waals surface area contributed by atoms with E-state index in [1.54, 1.807) is 7.11 Å². The number of hydrogen-bond donors (Lipinski definition) is 0. The number of rotatable bonds is 5. The van der Waals surface area contributed by atoms with E-state index in [0.29, 0.717) is 37.4 Å². The highest BCUT2D eigenvalue weighted by Crippen LogP contribution is 2.37. The fraction of sp³-hybridized carbons (Fsp3) is 0.571. The lowest BCUT2D eigenvalue weighted by molar-refractivity contribution is -0.146. The van der Waals surface area contributed by atoms with Crippen LogP contribution < -0.4 is 0 Å². The van der Waals surface area contributed by atoms with Crippen molar-refractivity contribution in [2.75, 3.05) is 26.9 Å². The van der Waals surface area contributed by atoms with Crippen LogP contribution in [0.5, 0.6) is 0 Å². The van der Waals surface area contributed by atoms with Crippen LogP contribution in [0.3, 0.4) is 0 Å². The third kappa shape index (κ3) is 4.10. The molecule has 1 aliphatic carbocycles. The predicted molar refractivity (Wildman–Crippen MR) is 101 cm³/mol. The molecule has 1 unspecified atom stereocenters. The molecule has 1 amide bonds. The third-order valence-corrected chi connectivity index (χ3v) is 5.81. The fourth-order valence-corrected chi connectivity index (χ4v) is 4.30. The Morgan fingerprint density at radius 2 is 2.00 bits per heavy atom.